The molecule has 3 N–H and O–H groups in total. The summed E-state index contributed by atoms with van der Waals surface area (Å²) in [5, 5.41) is 12.4. The van der Waals surface area contributed by atoms with Crippen molar-refractivity contribution in [3.05, 3.63) is 0 Å². The van der Waals surface area contributed by atoms with E-state index < -0.39 is 16.1 Å². The minimum atomic E-state index is -3.11. The number of hydrogen-bond acceptors (Lipinski definition) is 4. The fourth-order valence-corrected chi connectivity index (χ4v) is 4.18. The van der Waals surface area contributed by atoms with E-state index >= 15 is 0 Å². The van der Waals surface area contributed by atoms with Crippen LogP contribution in [0.3, 0.4) is 0 Å². The molecule has 6 heteroatoms. The van der Waals surface area contributed by atoms with Crippen molar-refractivity contribution in [2.75, 3.05) is 6.54 Å². The van der Waals surface area contributed by atoms with Crippen molar-refractivity contribution in [1.82, 2.24) is 10.0 Å². The third-order valence-corrected chi connectivity index (χ3v) is 5.70. The van der Waals surface area contributed by atoms with Crippen LogP contribution in [-0.2, 0) is 10.0 Å². The maximum atomic E-state index is 12.0. The second-order valence-corrected chi connectivity index (χ2v) is 7.61. The third-order valence-electron chi connectivity index (χ3n) is 3.72. The van der Waals surface area contributed by atoms with Gasteiger partial charge in [-0.25, -0.2) is 13.1 Å². The standard InChI is InChI=1S/C12H24N2O3S/c1-9(15)8-13-11-4-2-3-5-12(11)14-18(16,17)10-6-7-10/h9-15H,2-8H2,1H3/t9-,11-,12-/m1/s1. The van der Waals surface area contributed by atoms with Gasteiger partial charge in [-0.3, -0.25) is 0 Å². The smallest absolute Gasteiger partial charge is 0.214 e. The lowest BCUT2D eigenvalue weighted by Gasteiger charge is -2.33. The molecule has 2 saturated carbocycles. The van der Waals surface area contributed by atoms with Gasteiger partial charge in [-0.05, 0) is 32.6 Å². The molecule has 0 aromatic carbocycles. The van der Waals surface area contributed by atoms with Gasteiger partial charge < -0.3 is 10.4 Å². The van der Waals surface area contributed by atoms with E-state index in [1.807, 2.05) is 0 Å². The molecule has 0 spiro atoms. The van der Waals surface area contributed by atoms with Crippen LogP contribution in [0.5, 0.6) is 0 Å². The van der Waals surface area contributed by atoms with E-state index in [4.69, 9.17) is 0 Å². The maximum absolute atomic E-state index is 12.0. The molecular weight excluding hydrogens is 252 g/mol. The van der Waals surface area contributed by atoms with E-state index in [1.54, 1.807) is 6.92 Å². The summed E-state index contributed by atoms with van der Waals surface area (Å²) in [5.41, 5.74) is 0. The highest BCUT2D eigenvalue weighted by molar-refractivity contribution is 7.90. The molecule has 18 heavy (non-hydrogen) atoms. The average Bonchev–Trinajstić information content (AvgIpc) is 3.11. The fourth-order valence-electron chi connectivity index (χ4n) is 2.52. The molecule has 0 aromatic rings. The number of hydrogen-bond donors (Lipinski definition) is 3. The van der Waals surface area contributed by atoms with Crippen LogP contribution in [-0.4, -0.2) is 43.5 Å². The van der Waals surface area contributed by atoms with Crippen LogP contribution < -0.4 is 10.0 Å². The molecule has 106 valence electrons. The molecule has 5 nitrogen and oxygen atoms in total. The minimum Gasteiger partial charge on any atom is -0.392 e. The zero-order valence-electron chi connectivity index (χ0n) is 10.9. The van der Waals surface area contributed by atoms with E-state index in [0.29, 0.717) is 6.54 Å². The van der Waals surface area contributed by atoms with E-state index in [1.165, 1.54) is 0 Å². The van der Waals surface area contributed by atoms with Crippen LogP contribution in [0, 0.1) is 0 Å². The summed E-state index contributed by atoms with van der Waals surface area (Å²) in [4.78, 5) is 0. The average molecular weight is 276 g/mol. The fraction of sp³-hybridized carbons (Fsp3) is 1.00. The van der Waals surface area contributed by atoms with Gasteiger partial charge in [0.1, 0.15) is 0 Å². The van der Waals surface area contributed by atoms with Gasteiger partial charge in [0.05, 0.1) is 11.4 Å². The Morgan fingerprint density at radius 2 is 1.78 bits per heavy atom. The van der Waals surface area contributed by atoms with Gasteiger partial charge in [0.15, 0.2) is 0 Å². The molecule has 0 aromatic heterocycles. The Morgan fingerprint density at radius 1 is 1.17 bits per heavy atom. The molecule has 3 atom stereocenters. The second kappa shape index (κ2) is 5.86. The predicted octanol–water partition coefficient (Wildman–Crippen LogP) is 0.350. The molecule has 0 heterocycles. The summed E-state index contributed by atoms with van der Waals surface area (Å²) >= 11 is 0. The Morgan fingerprint density at radius 3 is 2.33 bits per heavy atom. The number of nitrogens with one attached hydrogen (secondary N) is 2. The highest BCUT2D eigenvalue weighted by Crippen LogP contribution is 2.29. The van der Waals surface area contributed by atoms with Gasteiger partial charge in [-0.2, -0.15) is 0 Å². The van der Waals surface area contributed by atoms with Crippen molar-refractivity contribution < 1.29 is 13.5 Å². The molecule has 2 aliphatic rings. The third kappa shape index (κ3) is 3.91. The zero-order valence-corrected chi connectivity index (χ0v) is 11.7. The van der Waals surface area contributed by atoms with Crippen LogP contribution in [0.1, 0.15) is 45.4 Å². The Kier molecular flexibility index (Phi) is 4.64. The van der Waals surface area contributed by atoms with Crippen molar-refractivity contribution >= 4 is 10.0 Å². The van der Waals surface area contributed by atoms with Gasteiger partial charge in [-0.15, -0.1) is 0 Å². The molecule has 0 bridgehead atoms. The first-order valence-corrected chi connectivity index (χ1v) is 8.46. The number of aliphatic hydroxyl groups excluding tert-OH is 1. The number of aliphatic hydroxyl groups is 1. The van der Waals surface area contributed by atoms with Crippen LogP contribution in [0.4, 0.5) is 0 Å². The minimum absolute atomic E-state index is 0.0110. The van der Waals surface area contributed by atoms with E-state index in [-0.39, 0.29) is 17.3 Å². The number of sulfonamides is 1. The highest BCUT2D eigenvalue weighted by atomic mass is 32.2. The Hall–Kier alpha value is -0.170. The zero-order chi connectivity index (χ0) is 13.2. The largest absolute Gasteiger partial charge is 0.392 e. The van der Waals surface area contributed by atoms with Crippen molar-refractivity contribution in [2.45, 2.75) is 68.9 Å². The summed E-state index contributed by atoms with van der Waals surface area (Å²) in [6.07, 6.45) is 5.27. The summed E-state index contributed by atoms with van der Waals surface area (Å²) in [6.45, 7) is 2.26. The van der Waals surface area contributed by atoms with Crippen molar-refractivity contribution in [1.29, 1.82) is 0 Å². The monoisotopic (exact) mass is 276 g/mol. The molecule has 0 unspecified atom stereocenters. The van der Waals surface area contributed by atoms with E-state index in [0.717, 1.165) is 38.5 Å². The van der Waals surface area contributed by atoms with Gasteiger partial charge >= 0.3 is 0 Å². The van der Waals surface area contributed by atoms with Crippen LogP contribution in [0.15, 0.2) is 0 Å². The maximum Gasteiger partial charge on any atom is 0.214 e. The summed E-state index contributed by atoms with van der Waals surface area (Å²) in [6, 6.07) is 0.143. The Balaban J connectivity index is 1.90. The van der Waals surface area contributed by atoms with Crippen LogP contribution in [0.2, 0.25) is 0 Å². The quantitative estimate of drug-likeness (QED) is 0.654. The van der Waals surface area contributed by atoms with Crippen molar-refractivity contribution in [3.8, 4) is 0 Å². The topological polar surface area (TPSA) is 78.4 Å². The molecule has 0 amide bonds. The first kappa shape index (κ1) is 14.2. The van der Waals surface area contributed by atoms with Gasteiger partial charge in [0, 0.05) is 18.6 Å². The first-order valence-electron chi connectivity index (χ1n) is 6.91. The highest BCUT2D eigenvalue weighted by Gasteiger charge is 2.38. The Labute approximate surface area is 109 Å². The van der Waals surface area contributed by atoms with E-state index in [2.05, 4.69) is 10.0 Å². The number of rotatable bonds is 6. The summed E-state index contributed by atoms with van der Waals surface area (Å²) in [7, 11) is -3.11. The van der Waals surface area contributed by atoms with Crippen molar-refractivity contribution in [2.24, 2.45) is 0 Å². The summed E-state index contributed by atoms with van der Waals surface area (Å²) in [5.74, 6) is 0. The molecule has 0 aliphatic heterocycles. The lowest BCUT2D eigenvalue weighted by molar-refractivity contribution is 0.176. The normalized spacial score (nSPS) is 31.2. The SMILES string of the molecule is C[C@@H](O)CN[C@@H]1CCCC[C@H]1NS(=O)(=O)C1CC1. The van der Waals surface area contributed by atoms with Gasteiger partial charge in [-0.1, -0.05) is 12.8 Å². The summed E-state index contributed by atoms with van der Waals surface area (Å²) < 4.78 is 26.8. The Bertz CT molecular complexity index is 366. The van der Waals surface area contributed by atoms with E-state index in [9.17, 15) is 13.5 Å². The lowest BCUT2D eigenvalue weighted by Crippen LogP contribution is -2.53. The molecule has 0 saturated heterocycles. The van der Waals surface area contributed by atoms with Crippen LogP contribution in [0.25, 0.3) is 0 Å². The van der Waals surface area contributed by atoms with Crippen molar-refractivity contribution in [3.63, 3.8) is 0 Å². The van der Waals surface area contributed by atoms with Gasteiger partial charge in [0.2, 0.25) is 10.0 Å². The van der Waals surface area contributed by atoms with Crippen LogP contribution >= 0.6 is 0 Å². The molecule has 0 radical (unpaired) electrons. The molecule has 2 rings (SSSR count). The molecule has 2 aliphatic carbocycles. The lowest BCUT2D eigenvalue weighted by atomic mass is 9.91. The van der Waals surface area contributed by atoms with Gasteiger partial charge in [0.25, 0.3) is 0 Å². The predicted molar refractivity (Wildman–Crippen MR) is 70.8 cm³/mol. The molecular formula is C12H24N2O3S. The molecule has 2 fully saturated rings. The first-order chi connectivity index (χ1) is 8.49. The second-order valence-electron chi connectivity index (χ2n) is 5.62.